The summed E-state index contributed by atoms with van der Waals surface area (Å²) in [6.07, 6.45) is 5.67. The lowest BCUT2D eigenvalue weighted by Gasteiger charge is -2.38. The molecule has 7 heteroatoms. The van der Waals surface area contributed by atoms with Crippen LogP contribution in [0.3, 0.4) is 0 Å². The molecule has 0 unspecified atom stereocenters. The SMILES string of the molecule is COc1ccc2ncc(N(C)C3CCN(CC(=O)N4CCC[C@H]4C#N)CC3)cc2c1. The second-order valence-corrected chi connectivity index (χ2v) is 8.24. The Balaban J connectivity index is 1.35. The van der Waals surface area contributed by atoms with Crippen LogP contribution in [0, 0.1) is 11.3 Å². The third-order valence-electron chi connectivity index (χ3n) is 6.47. The van der Waals surface area contributed by atoms with Crippen molar-refractivity contribution in [2.75, 3.05) is 45.2 Å². The predicted octanol–water partition coefficient (Wildman–Crippen LogP) is 2.66. The summed E-state index contributed by atoms with van der Waals surface area (Å²) >= 11 is 0. The van der Waals surface area contributed by atoms with Crippen LogP contribution in [-0.4, -0.2) is 73.1 Å². The maximum absolute atomic E-state index is 12.6. The Hall–Kier alpha value is -2.85. The third kappa shape index (κ3) is 4.19. The number of carbonyl (C=O) groups excluding carboxylic acids is 1. The zero-order valence-corrected chi connectivity index (χ0v) is 17.8. The first-order valence-corrected chi connectivity index (χ1v) is 10.7. The number of hydrogen-bond donors (Lipinski definition) is 0. The van der Waals surface area contributed by atoms with Crippen LogP contribution in [0.1, 0.15) is 25.7 Å². The second kappa shape index (κ2) is 8.88. The first-order valence-electron chi connectivity index (χ1n) is 10.7. The molecule has 7 nitrogen and oxygen atoms in total. The minimum Gasteiger partial charge on any atom is -0.497 e. The van der Waals surface area contributed by atoms with Gasteiger partial charge in [0, 0.05) is 38.1 Å². The highest BCUT2D eigenvalue weighted by Gasteiger charge is 2.31. The zero-order valence-electron chi connectivity index (χ0n) is 17.8. The minimum absolute atomic E-state index is 0.0959. The molecular weight excluding hydrogens is 378 g/mol. The van der Waals surface area contributed by atoms with Crippen LogP contribution in [-0.2, 0) is 4.79 Å². The van der Waals surface area contributed by atoms with Crippen LogP contribution in [0.4, 0.5) is 5.69 Å². The Morgan fingerprint density at radius 2 is 2.07 bits per heavy atom. The molecule has 2 aliphatic rings. The quantitative estimate of drug-likeness (QED) is 0.759. The van der Waals surface area contributed by atoms with Gasteiger partial charge in [-0.15, -0.1) is 0 Å². The van der Waals surface area contributed by atoms with E-state index >= 15 is 0 Å². The summed E-state index contributed by atoms with van der Waals surface area (Å²) in [5.41, 5.74) is 2.05. The molecular formula is C23H29N5O2. The lowest BCUT2D eigenvalue weighted by atomic mass is 10.0. The van der Waals surface area contributed by atoms with Gasteiger partial charge in [-0.25, -0.2) is 0 Å². The smallest absolute Gasteiger partial charge is 0.237 e. The molecule has 2 aromatic rings. The molecule has 30 heavy (non-hydrogen) atoms. The van der Waals surface area contributed by atoms with Crippen molar-refractivity contribution in [1.29, 1.82) is 5.26 Å². The summed E-state index contributed by atoms with van der Waals surface area (Å²) in [5.74, 6) is 0.928. The minimum atomic E-state index is -0.236. The van der Waals surface area contributed by atoms with E-state index in [4.69, 9.17) is 4.74 Å². The Kier molecular flexibility index (Phi) is 6.05. The molecule has 0 bridgehead atoms. The summed E-state index contributed by atoms with van der Waals surface area (Å²) in [4.78, 5) is 23.5. The highest BCUT2D eigenvalue weighted by molar-refractivity contribution is 5.83. The van der Waals surface area contributed by atoms with Crippen molar-refractivity contribution < 1.29 is 9.53 Å². The number of aromatic nitrogens is 1. The first kappa shape index (κ1) is 20.4. The van der Waals surface area contributed by atoms with Crippen molar-refractivity contribution in [2.45, 2.75) is 37.8 Å². The fraction of sp³-hybridized carbons (Fsp3) is 0.522. The topological polar surface area (TPSA) is 72.7 Å². The third-order valence-corrected chi connectivity index (χ3v) is 6.47. The molecule has 1 aromatic heterocycles. The van der Waals surface area contributed by atoms with E-state index in [9.17, 15) is 10.1 Å². The van der Waals surface area contributed by atoms with Crippen LogP contribution in [0.5, 0.6) is 5.75 Å². The van der Waals surface area contributed by atoms with E-state index in [1.165, 1.54) is 0 Å². The second-order valence-electron chi connectivity index (χ2n) is 8.24. The van der Waals surface area contributed by atoms with E-state index in [1.807, 2.05) is 24.4 Å². The van der Waals surface area contributed by atoms with E-state index in [0.29, 0.717) is 12.6 Å². The number of fused-ring (bicyclic) bond motifs is 1. The number of rotatable bonds is 5. The van der Waals surface area contributed by atoms with Crippen molar-refractivity contribution in [3.8, 4) is 11.8 Å². The van der Waals surface area contributed by atoms with Gasteiger partial charge in [0.05, 0.1) is 37.1 Å². The van der Waals surface area contributed by atoms with E-state index < -0.39 is 0 Å². The lowest BCUT2D eigenvalue weighted by molar-refractivity contribution is -0.132. The molecule has 3 heterocycles. The van der Waals surface area contributed by atoms with E-state index in [2.05, 4.69) is 34.0 Å². The van der Waals surface area contributed by atoms with Gasteiger partial charge in [-0.2, -0.15) is 5.26 Å². The van der Waals surface area contributed by atoms with Gasteiger partial charge in [0.2, 0.25) is 5.91 Å². The standard InChI is InChI=1S/C23H29N5O2/c1-26(20-12-17-13-21(30-2)5-6-22(17)25-15-20)18-7-10-27(11-8-18)16-23(29)28-9-3-4-19(28)14-24/h5-6,12-13,15,18-19H,3-4,7-11,16H2,1-2H3/t19-/m0/s1. The number of likely N-dealkylation sites (tertiary alicyclic amines) is 2. The first-order chi connectivity index (χ1) is 14.6. The summed E-state index contributed by atoms with van der Waals surface area (Å²) in [6, 6.07) is 10.5. The normalized spacial score (nSPS) is 20.3. The number of nitrogens with zero attached hydrogens (tertiary/aromatic N) is 5. The van der Waals surface area contributed by atoms with Crippen molar-refractivity contribution in [3.63, 3.8) is 0 Å². The van der Waals surface area contributed by atoms with Gasteiger partial charge in [-0.3, -0.25) is 14.7 Å². The number of amides is 1. The largest absolute Gasteiger partial charge is 0.497 e. The molecule has 1 amide bonds. The number of hydrogen-bond acceptors (Lipinski definition) is 6. The Morgan fingerprint density at radius 1 is 1.27 bits per heavy atom. The molecule has 0 spiro atoms. The summed E-state index contributed by atoms with van der Waals surface area (Å²) in [7, 11) is 3.80. The molecule has 2 aliphatic heterocycles. The maximum atomic E-state index is 12.6. The van der Waals surface area contributed by atoms with Crippen molar-refractivity contribution in [1.82, 2.24) is 14.8 Å². The number of piperidine rings is 1. The summed E-state index contributed by atoms with van der Waals surface area (Å²) in [5, 5.41) is 10.3. The molecule has 0 aliphatic carbocycles. The fourth-order valence-corrected chi connectivity index (χ4v) is 4.57. The van der Waals surface area contributed by atoms with Crippen LogP contribution in [0.15, 0.2) is 30.5 Å². The molecule has 2 saturated heterocycles. The Labute approximate surface area is 177 Å². The molecule has 1 aromatic carbocycles. The van der Waals surface area contributed by atoms with Crippen molar-refractivity contribution in [3.05, 3.63) is 30.5 Å². The monoisotopic (exact) mass is 407 g/mol. The average molecular weight is 408 g/mol. The molecule has 4 rings (SSSR count). The summed E-state index contributed by atoms with van der Waals surface area (Å²) in [6.45, 7) is 2.92. The molecule has 158 valence electrons. The molecule has 0 N–H and O–H groups in total. The highest BCUT2D eigenvalue weighted by atomic mass is 16.5. The zero-order chi connectivity index (χ0) is 21.1. The van der Waals surface area contributed by atoms with E-state index in [-0.39, 0.29) is 11.9 Å². The van der Waals surface area contributed by atoms with Gasteiger partial charge in [0.25, 0.3) is 0 Å². The van der Waals surface area contributed by atoms with Gasteiger partial charge in [0.15, 0.2) is 0 Å². The van der Waals surface area contributed by atoms with Crippen molar-refractivity contribution in [2.24, 2.45) is 0 Å². The van der Waals surface area contributed by atoms with Crippen molar-refractivity contribution >= 4 is 22.5 Å². The van der Waals surface area contributed by atoms with Crippen LogP contribution in [0.25, 0.3) is 10.9 Å². The number of pyridine rings is 1. The van der Waals surface area contributed by atoms with Crippen LogP contribution >= 0.6 is 0 Å². The average Bonchev–Trinajstić information content (AvgIpc) is 3.27. The van der Waals surface area contributed by atoms with Gasteiger partial charge in [-0.05, 0) is 49.9 Å². The molecule has 0 saturated carbocycles. The number of anilines is 1. The predicted molar refractivity (Wildman–Crippen MR) is 117 cm³/mol. The highest BCUT2D eigenvalue weighted by Crippen LogP contribution is 2.27. The number of nitriles is 1. The van der Waals surface area contributed by atoms with Crippen LogP contribution < -0.4 is 9.64 Å². The van der Waals surface area contributed by atoms with Gasteiger partial charge < -0.3 is 14.5 Å². The molecule has 0 radical (unpaired) electrons. The molecule has 2 fully saturated rings. The van der Waals surface area contributed by atoms with E-state index in [1.54, 1.807) is 12.0 Å². The maximum Gasteiger partial charge on any atom is 0.237 e. The van der Waals surface area contributed by atoms with E-state index in [0.717, 1.165) is 67.7 Å². The van der Waals surface area contributed by atoms with Gasteiger partial charge >= 0.3 is 0 Å². The Morgan fingerprint density at radius 3 is 2.80 bits per heavy atom. The molecule has 1 atom stereocenters. The van der Waals surface area contributed by atoms with Gasteiger partial charge in [-0.1, -0.05) is 0 Å². The number of benzene rings is 1. The number of carbonyl (C=O) groups is 1. The Bertz CT molecular complexity index is 948. The van der Waals surface area contributed by atoms with Crippen LogP contribution in [0.2, 0.25) is 0 Å². The number of methoxy groups -OCH3 is 1. The lowest BCUT2D eigenvalue weighted by Crippen LogP contribution is -2.48. The fourth-order valence-electron chi connectivity index (χ4n) is 4.57. The van der Waals surface area contributed by atoms with Gasteiger partial charge in [0.1, 0.15) is 11.8 Å². The number of ether oxygens (including phenoxy) is 1. The summed E-state index contributed by atoms with van der Waals surface area (Å²) < 4.78 is 5.34.